The van der Waals surface area contributed by atoms with Crippen molar-refractivity contribution in [3.63, 3.8) is 0 Å². The smallest absolute Gasteiger partial charge is 0.211 e. The van der Waals surface area contributed by atoms with Crippen LogP contribution in [0.3, 0.4) is 0 Å². The van der Waals surface area contributed by atoms with Crippen LogP contribution >= 0.6 is 0 Å². The van der Waals surface area contributed by atoms with Gasteiger partial charge >= 0.3 is 0 Å². The first-order chi connectivity index (χ1) is 9.92. The van der Waals surface area contributed by atoms with Crippen molar-refractivity contribution in [3.8, 4) is 0 Å². The quantitative estimate of drug-likeness (QED) is 0.708. The molecule has 21 heavy (non-hydrogen) atoms. The maximum absolute atomic E-state index is 12.3. The van der Waals surface area contributed by atoms with Crippen molar-refractivity contribution in [2.24, 2.45) is 23.2 Å². The van der Waals surface area contributed by atoms with Gasteiger partial charge in [0.2, 0.25) is 10.0 Å². The van der Waals surface area contributed by atoms with Crippen molar-refractivity contribution in [1.29, 1.82) is 0 Å². The average molecular weight is 314 g/mol. The third-order valence-corrected chi connectivity index (χ3v) is 7.74. The zero-order valence-corrected chi connectivity index (χ0v) is 14.2. The molecule has 4 fully saturated rings. The molecular weight excluding hydrogens is 284 g/mol. The number of hydrogen-bond donors (Lipinski definition) is 2. The Balaban J connectivity index is 1.64. The minimum absolute atomic E-state index is 0.102. The Morgan fingerprint density at radius 2 is 1.62 bits per heavy atom. The second kappa shape index (κ2) is 5.82. The average Bonchev–Trinajstić information content (AvgIpc) is 2.36. The van der Waals surface area contributed by atoms with Crippen LogP contribution in [0.25, 0.3) is 0 Å². The summed E-state index contributed by atoms with van der Waals surface area (Å²) >= 11 is 0. The number of rotatable bonds is 7. The van der Waals surface area contributed by atoms with Crippen molar-refractivity contribution in [3.05, 3.63) is 0 Å². The van der Waals surface area contributed by atoms with E-state index < -0.39 is 10.0 Å². The Morgan fingerprint density at radius 3 is 2.10 bits per heavy atom. The molecule has 0 spiro atoms. The van der Waals surface area contributed by atoms with Crippen LogP contribution in [-0.2, 0) is 10.0 Å². The molecule has 1 unspecified atom stereocenters. The van der Waals surface area contributed by atoms with Gasteiger partial charge in [-0.05, 0) is 88.6 Å². The minimum Gasteiger partial charge on any atom is -0.320 e. The molecule has 4 bridgehead atoms. The molecule has 122 valence electrons. The highest BCUT2D eigenvalue weighted by Gasteiger charge is 2.53. The highest BCUT2D eigenvalue weighted by atomic mass is 32.2. The van der Waals surface area contributed by atoms with Gasteiger partial charge in [0.1, 0.15) is 0 Å². The molecule has 4 nitrogen and oxygen atoms in total. The Morgan fingerprint density at radius 1 is 1.10 bits per heavy atom. The molecule has 0 aliphatic heterocycles. The van der Waals surface area contributed by atoms with Crippen molar-refractivity contribution in [2.45, 2.75) is 57.9 Å². The molecule has 0 saturated heterocycles. The fourth-order valence-corrected chi connectivity index (χ4v) is 7.03. The summed E-state index contributed by atoms with van der Waals surface area (Å²) in [5.41, 5.74) is 0.255. The minimum atomic E-state index is -3.14. The zero-order valence-electron chi connectivity index (χ0n) is 13.4. The Kier molecular flexibility index (Phi) is 4.37. The molecule has 4 aliphatic rings. The van der Waals surface area contributed by atoms with Crippen LogP contribution in [0, 0.1) is 23.2 Å². The Bertz CT molecular complexity index is 439. The summed E-state index contributed by atoms with van der Waals surface area (Å²) in [5, 5.41) is 3.01. The predicted molar refractivity (Wildman–Crippen MR) is 85.5 cm³/mol. The summed E-state index contributed by atoms with van der Waals surface area (Å²) in [7, 11) is -1.28. The lowest BCUT2D eigenvalue weighted by atomic mass is 9.48. The van der Waals surface area contributed by atoms with Gasteiger partial charge in [0.05, 0.1) is 5.75 Å². The van der Waals surface area contributed by atoms with Crippen molar-refractivity contribution in [2.75, 3.05) is 19.3 Å². The Hall–Kier alpha value is -0.130. The lowest BCUT2D eigenvalue weighted by Crippen LogP contribution is -2.56. The topological polar surface area (TPSA) is 58.2 Å². The van der Waals surface area contributed by atoms with E-state index in [0.717, 1.165) is 24.3 Å². The largest absolute Gasteiger partial charge is 0.320 e. The van der Waals surface area contributed by atoms with Crippen LogP contribution in [-0.4, -0.2) is 33.8 Å². The standard InChI is InChI=1S/C16H30N2O2S/c1-12(18-21(19,20)5-3-4-17-2)16-9-13-6-14(10-16)8-15(7-13)11-16/h12-15,17-18H,3-11H2,1-2H3. The molecular formula is C16H30N2O2S. The van der Waals surface area contributed by atoms with Crippen LogP contribution in [0.15, 0.2) is 0 Å². The Labute approximate surface area is 129 Å². The fraction of sp³-hybridized carbons (Fsp3) is 1.00. The molecule has 0 amide bonds. The molecule has 0 radical (unpaired) electrons. The third kappa shape index (κ3) is 3.30. The second-order valence-corrected chi connectivity index (χ2v) is 9.77. The van der Waals surface area contributed by atoms with Crippen LogP contribution in [0.4, 0.5) is 0 Å². The summed E-state index contributed by atoms with van der Waals surface area (Å²) in [4.78, 5) is 0. The molecule has 2 N–H and O–H groups in total. The highest BCUT2D eigenvalue weighted by molar-refractivity contribution is 7.89. The van der Waals surface area contributed by atoms with E-state index in [-0.39, 0.29) is 17.2 Å². The normalized spacial score (nSPS) is 39.6. The van der Waals surface area contributed by atoms with Gasteiger partial charge in [-0.2, -0.15) is 0 Å². The van der Waals surface area contributed by atoms with E-state index in [1.807, 2.05) is 7.05 Å². The number of hydrogen-bond acceptors (Lipinski definition) is 3. The van der Waals surface area contributed by atoms with Crippen molar-refractivity contribution >= 4 is 10.0 Å². The summed E-state index contributed by atoms with van der Waals surface area (Å²) in [6.07, 6.45) is 8.64. The molecule has 4 rings (SSSR count). The molecule has 4 aliphatic carbocycles. The van der Waals surface area contributed by atoms with Crippen molar-refractivity contribution in [1.82, 2.24) is 10.0 Å². The number of nitrogens with one attached hydrogen (secondary N) is 2. The van der Waals surface area contributed by atoms with E-state index in [4.69, 9.17) is 0 Å². The van der Waals surface area contributed by atoms with Crippen LogP contribution in [0.2, 0.25) is 0 Å². The van der Waals surface area contributed by atoms with Gasteiger partial charge in [-0.15, -0.1) is 0 Å². The second-order valence-electron chi connectivity index (χ2n) is 7.90. The molecule has 1 atom stereocenters. The predicted octanol–water partition coefficient (Wildman–Crippen LogP) is 2.12. The van der Waals surface area contributed by atoms with E-state index in [1.54, 1.807) is 0 Å². The van der Waals surface area contributed by atoms with E-state index in [9.17, 15) is 8.42 Å². The third-order valence-electron chi connectivity index (χ3n) is 6.20. The maximum atomic E-state index is 12.3. The van der Waals surface area contributed by atoms with Crippen LogP contribution in [0.1, 0.15) is 51.9 Å². The summed E-state index contributed by atoms with van der Waals surface area (Å²) in [6.45, 7) is 2.87. The van der Waals surface area contributed by atoms with E-state index in [0.29, 0.717) is 6.42 Å². The summed E-state index contributed by atoms with van der Waals surface area (Å²) in [5.74, 6) is 2.84. The van der Waals surface area contributed by atoms with Gasteiger partial charge in [-0.25, -0.2) is 13.1 Å². The van der Waals surface area contributed by atoms with Gasteiger partial charge in [0, 0.05) is 6.04 Å². The van der Waals surface area contributed by atoms with E-state index >= 15 is 0 Å². The van der Waals surface area contributed by atoms with Gasteiger partial charge in [0.25, 0.3) is 0 Å². The molecule has 0 aromatic rings. The summed E-state index contributed by atoms with van der Waals surface area (Å²) in [6, 6.07) is 0.102. The lowest BCUT2D eigenvalue weighted by Gasteiger charge is -2.59. The monoisotopic (exact) mass is 314 g/mol. The van der Waals surface area contributed by atoms with Gasteiger partial charge < -0.3 is 5.32 Å². The lowest BCUT2D eigenvalue weighted by molar-refractivity contribution is -0.0666. The van der Waals surface area contributed by atoms with Crippen molar-refractivity contribution < 1.29 is 8.42 Å². The molecule has 4 saturated carbocycles. The van der Waals surface area contributed by atoms with E-state index in [2.05, 4.69) is 17.0 Å². The summed E-state index contributed by atoms with van der Waals surface area (Å²) < 4.78 is 27.6. The van der Waals surface area contributed by atoms with Gasteiger partial charge in [-0.1, -0.05) is 0 Å². The molecule has 0 heterocycles. The fourth-order valence-electron chi connectivity index (χ4n) is 5.60. The maximum Gasteiger partial charge on any atom is 0.211 e. The highest BCUT2D eigenvalue weighted by Crippen LogP contribution is 2.61. The van der Waals surface area contributed by atoms with Gasteiger partial charge in [0.15, 0.2) is 0 Å². The number of sulfonamides is 1. The first-order valence-corrected chi connectivity index (χ1v) is 10.2. The van der Waals surface area contributed by atoms with Gasteiger partial charge in [-0.3, -0.25) is 0 Å². The molecule has 5 heteroatoms. The van der Waals surface area contributed by atoms with Crippen LogP contribution < -0.4 is 10.0 Å². The molecule has 0 aromatic carbocycles. The molecule has 0 aromatic heterocycles. The zero-order chi connectivity index (χ0) is 15.1. The first-order valence-electron chi connectivity index (χ1n) is 8.57. The van der Waals surface area contributed by atoms with Crippen LogP contribution in [0.5, 0.6) is 0 Å². The SMILES string of the molecule is CNCCCS(=O)(=O)NC(C)C12CC3CC(CC(C3)C1)C2. The first kappa shape index (κ1) is 15.8. The van der Waals surface area contributed by atoms with E-state index in [1.165, 1.54) is 38.5 Å².